The zero-order chi connectivity index (χ0) is 20.9. The molecule has 3 aromatic rings. The van der Waals surface area contributed by atoms with Gasteiger partial charge in [0, 0.05) is 37.8 Å². The average molecular weight is 404 g/mol. The second kappa shape index (κ2) is 8.82. The van der Waals surface area contributed by atoms with E-state index in [2.05, 4.69) is 14.9 Å². The number of aryl methyl sites for hydroxylation is 1. The van der Waals surface area contributed by atoms with Crippen LogP contribution in [0.15, 0.2) is 60.7 Å². The molecule has 0 saturated carbocycles. The summed E-state index contributed by atoms with van der Waals surface area (Å²) in [6, 6.07) is 18.7. The average Bonchev–Trinajstić information content (AvgIpc) is 2.79. The van der Waals surface area contributed by atoms with Crippen LogP contribution in [0.2, 0.25) is 0 Å². The summed E-state index contributed by atoms with van der Waals surface area (Å²) in [7, 11) is 1.60. The molecule has 1 aromatic heterocycles. The number of piperazine rings is 1. The summed E-state index contributed by atoms with van der Waals surface area (Å²) in [4.78, 5) is 25.6. The molecule has 7 heteroatoms. The Hall–Kier alpha value is -3.61. The summed E-state index contributed by atoms with van der Waals surface area (Å²) < 4.78 is 11.0. The van der Waals surface area contributed by atoms with E-state index in [1.54, 1.807) is 7.11 Å². The van der Waals surface area contributed by atoms with E-state index in [1.165, 1.54) is 0 Å². The number of hydrogen-bond acceptors (Lipinski definition) is 6. The van der Waals surface area contributed by atoms with Crippen LogP contribution in [0.4, 0.5) is 5.82 Å². The van der Waals surface area contributed by atoms with Crippen molar-refractivity contribution < 1.29 is 14.3 Å². The van der Waals surface area contributed by atoms with Crippen molar-refractivity contribution in [1.29, 1.82) is 0 Å². The molecule has 1 fully saturated rings. The van der Waals surface area contributed by atoms with Gasteiger partial charge in [0.05, 0.1) is 7.11 Å². The summed E-state index contributed by atoms with van der Waals surface area (Å²) in [5, 5.41) is 0. The molecule has 0 atom stereocenters. The van der Waals surface area contributed by atoms with Crippen LogP contribution in [0.5, 0.6) is 17.4 Å². The number of rotatable bonds is 5. The fraction of sp³-hybridized carbons (Fsp3) is 0.261. The first kappa shape index (κ1) is 19.7. The second-order valence-electron chi connectivity index (χ2n) is 7.03. The summed E-state index contributed by atoms with van der Waals surface area (Å²) >= 11 is 0. The monoisotopic (exact) mass is 404 g/mol. The van der Waals surface area contributed by atoms with Crippen LogP contribution in [0.25, 0.3) is 0 Å². The molecule has 0 radical (unpaired) electrons. The molecule has 7 nitrogen and oxygen atoms in total. The molecule has 2 aromatic carbocycles. The summed E-state index contributed by atoms with van der Waals surface area (Å²) in [5.41, 5.74) is 0.656. The zero-order valence-corrected chi connectivity index (χ0v) is 17.1. The quantitative estimate of drug-likeness (QED) is 0.648. The van der Waals surface area contributed by atoms with Crippen LogP contribution in [-0.2, 0) is 0 Å². The lowest BCUT2D eigenvalue weighted by Gasteiger charge is -2.35. The first-order chi connectivity index (χ1) is 14.6. The summed E-state index contributed by atoms with van der Waals surface area (Å²) in [6.45, 7) is 4.52. The molecule has 0 aliphatic carbocycles. The third-order valence-electron chi connectivity index (χ3n) is 4.98. The van der Waals surface area contributed by atoms with Gasteiger partial charge in [-0.25, -0.2) is 4.98 Å². The van der Waals surface area contributed by atoms with Crippen molar-refractivity contribution in [3.63, 3.8) is 0 Å². The van der Waals surface area contributed by atoms with Gasteiger partial charge in [0.25, 0.3) is 5.91 Å². The van der Waals surface area contributed by atoms with Gasteiger partial charge in [-0.15, -0.1) is 0 Å². The molecule has 1 aliphatic rings. The van der Waals surface area contributed by atoms with Crippen LogP contribution in [0, 0.1) is 6.92 Å². The Kier molecular flexibility index (Phi) is 5.79. The van der Waals surface area contributed by atoms with Crippen LogP contribution < -0.4 is 14.4 Å². The third kappa shape index (κ3) is 4.51. The maximum Gasteiger partial charge on any atom is 0.253 e. The van der Waals surface area contributed by atoms with E-state index in [0.29, 0.717) is 49.2 Å². The standard InChI is InChI=1S/C23H24N4O3/c1-17-24-21(16-22(25-17)29-2)26-12-14-27(15-13-26)23(28)18-8-10-20(11-9-18)30-19-6-4-3-5-7-19/h3-11,16H,12-15H2,1-2H3. The first-order valence-corrected chi connectivity index (χ1v) is 9.89. The van der Waals surface area contributed by atoms with E-state index in [4.69, 9.17) is 9.47 Å². The van der Waals surface area contributed by atoms with Crippen molar-refractivity contribution in [3.8, 4) is 17.4 Å². The number of benzene rings is 2. The van der Waals surface area contributed by atoms with Gasteiger partial charge in [0.1, 0.15) is 23.1 Å². The number of para-hydroxylation sites is 1. The van der Waals surface area contributed by atoms with Gasteiger partial charge in [-0.2, -0.15) is 4.98 Å². The highest BCUT2D eigenvalue weighted by atomic mass is 16.5. The number of carbonyl (C=O) groups is 1. The highest BCUT2D eigenvalue weighted by Crippen LogP contribution is 2.23. The molecule has 0 spiro atoms. The lowest BCUT2D eigenvalue weighted by molar-refractivity contribution is 0.0746. The van der Waals surface area contributed by atoms with Gasteiger partial charge in [-0.1, -0.05) is 18.2 Å². The van der Waals surface area contributed by atoms with Crippen molar-refractivity contribution in [3.05, 3.63) is 72.1 Å². The number of methoxy groups -OCH3 is 1. The molecule has 30 heavy (non-hydrogen) atoms. The minimum absolute atomic E-state index is 0.0253. The molecule has 4 rings (SSSR count). The Morgan fingerprint density at radius 1 is 0.900 bits per heavy atom. The molecule has 0 unspecified atom stereocenters. The fourth-order valence-electron chi connectivity index (χ4n) is 3.40. The van der Waals surface area contributed by atoms with E-state index < -0.39 is 0 Å². The Morgan fingerprint density at radius 2 is 1.57 bits per heavy atom. The number of amides is 1. The van der Waals surface area contributed by atoms with Crippen LogP contribution in [0.3, 0.4) is 0 Å². The van der Waals surface area contributed by atoms with Gasteiger partial charge in [-0.05, 0) is 43.3 Å². The predicted octanol–water partition coefficient (Wildman–Crippen LogP) is 3.55. The predicted molar refractivity (Wildman–Crippen MR) is 114 cm³/mol. The maximum atomic E-state index is 12.9. The van der Waals surface area contributed by atoms with Crippen LogP contribution in [-0.4, -0.2) is 54.1 Å². The lowest BCUT2D eigenvalue weighted by atomic mass is 10.1. The molecular weight excluding hydrogens is 380 g/mol. The summed E-state index contributed by atoms with van der Waals surface area (Å²) in [5.74, 6) is 3.54. The zero-order valence-electron chi connectivity index (χ0n) is 17.1. The number of nitrogens with zero attached hydrogens (tertiary/aromatic N) is 4. The second-order valence-corrected chi connectivity index (χ2v) is 7.03. The number of carbonyl (C=O) groups excluding carboxylic acids is 1. The van der Waals surface area contributed by atoms with Gasteiger partial charge in [0.15, 0.2) is 0 Å². The van der Waals surface area contributed by atoms with Crippen LogP contribution >= 0.6 is 0 Å². The summed E-state index contributed by atoms with van der Waals surface area (Å²) in [6.07, 6.45) is 0. The molecule has 0 bridgehead atoms. The minimum Gasteiger partial charge on any atom is -0.481 e. The number of ether oxygens (including phenoxy) is 2. The van der Waals surface area contributed by atoms with Gasteiger partial charge in [0.2, 0.25) is 5.88 Å². The largest absolute Gasteiger partial charge is 0.481 e. The third-order valence-corrected chi connectivity index (χ3v) is 4.98. The normalized spacial score (nSPS) is 13.8. The van der Waals surface area contributed by atoms with Crippen molar-refractivity contribution in [2.24, 2.45) is 0 Å². The first-order valence-electron chi connectivity index (χ1n) is 9.89. The molecule has 1 amide bonds. The van der Waals surface area contributed by atoms with Gasteiger partial charge < -0.3 is 19.3 Å². The van der Waals surface area contributed by atoms with Crippen LogP contribution in [0.1, 0.15) is 16.2 Å². The van der Waals surface area contributed by atoms with Gasteiger partial charge >= 0.3 is 0 Å². The topological polar surface area (TPSA) is 67.8 Å². The van der Waals surface area contributed by atoms with Crippen molar-refractivity contribution >= 4 is 11.7 Å². The van der Waals surface area contributed by atoms with Crippen molar-refractivity contribution in [1.82, 2.24) is 14.9 Å². The SMILES string of the molecule is COc1cc(N2CCN(C(=O)c3ccc(Oc4ccccc4)cc3)CC2)nc(C)n1. The number of anilines is 1. The van der Waals surface area contributed by atoms with E-state index in [0.717, 1.165) is 11.6 Å². The van der Waals surface area contributed by atoms with Gasteiger partial charge in [-0.3, -0.25) is 4.79 Å². The Labute approximate surface area is 175 Å². The smallest absolute Gasteiger partial charge is 0.253 e. The van der Waals surface area contributed by atoms with Crippen molar-refractivity contribution in [2.75, 3.05) is 38.2 Å². The van der Waals surface area contributed by atoms with E-state index in [9.17, 15) is 4.79 Å². The maximum absolute atomic E-state index is 12.9. The highest BCUT2D eigenvalue weighted by Gasteiger charge is 2.23. The molecule has 1 saturated heterocycles. The number of hydrogen-bond donors (Lipinski definition) is 0. The molecular formula is C23H24N4O3. The number of aromatic nitrogens is 2. The highest BCUT2D eigenvalue weighted by molar-refractivity contribution is 5.94. The van der Waals surface area contributed by atoms with Crippen molar-refractivity contribution in [2.45, 2.75) is 6.92 Å². The lowest BCUT2D eigenvalue weighted by Crippen LogP contribution is -2.49. The molecule has 1 aliphatic heterocycles. The Morgan fingerprint density at radius 3 is 2.23 bits per heavy atom. The minimum atomic E-state index is 0.0253. The fourth-order valence-corrected chi connectivity index (χ4v) is 3.40. The van der Waals surface area contributed by atoms with E-state index in [-0.39, 0.29) is 5.91 Å². The van der Waals surface area contributed by atoms with E-state index >= 15 is 0 Å². The molecule has 154 valence electrons. The van der Waals surface area contributed by atoms with E-state index in [1.807, 2.05) is 72.5 Å². The molecule has 0 N–H and O–H groups in total. The molecule has 2 heterocycles. The Balaban J connectivity index is 1.36. The Bertz CT molecular complexity index is 1000.